The summed E-state index contributed by atoms with van der Waals surface area (Å²) in [5, 5.41) is 10.9. The van der Waals surface area contributed by atoms with E-state index < -0.39 is 5.54 Å². The molecule has 102 valence electrons. The van der Waals surface area contributed by atoms with E-state index >= 15 is 0 Å². The second kappa shape index (κ2) is 7.70. The molecule has 1 rings (SSSR count). The Labute approximate surface area is 116 Å². The van der Waals surface area contributed by atoms with Crippen LogP contribution >= 0.6 is 23.1 Å². The van der Waals surface area contributed by atoms with Crippen molar-refractivity contribution >= 4 is 29.1 Å². The number of likely N-dealkylation sites (N-methyl/N-ethyl adjacent to an activating group) is 1. The van der Waals surface area contributed by atoms with Crippen LogP contribution in [0.4, 0.5) is 0 Å². The number of nitrogens with zero attached hydrogens (tertiary/aromatic N) is 2. The molecule has 0 saturated heterocycles. The first-order valence-corrected chi connectivity index (χ1v) is 7.80. The van der Waals surface area contributed by atoms with Crippen LogP contribution in [0.1, 0.15) is 27.2 Å². The lowest BCUT2D eigenvalue weighted by Gasteiger charge is -2.27. The molecule has 0 saturated carbocycles. The van der Waals surface area contributed by atoms with E-state index in [0.29, 0.717) is 13.0 Å². The highest BCUT2D eigenvalue weighted by Crippen LogP contribution is 2.23. The molecule has 1 unspecified atom stereocenters. The number of rotatable bonds is 8. The number of carbonyl (C=O) groups excluding carboxylic acids is 1. The molecule has 1 aromatic heterocycles. The molecule has 0 radical (unpaired) electrons. The summed E-state index contributed by atoms with van der Waals surface area (Å²) in [4.78, 5) is 11.9. The van der Waals surface area contributed by atoms with Gasteiger partial charge in [0.1, 0.15) is 11.0 Å². The molecule has 0 fully saturated rings. The third-order valence-electron chi connectivity index (χ3n) is 2.46. The van der Waals surface area contributed by atoms with Crippen LogP contribution in [0.5, 0.6) is 0 Å². The van der Waals surface area contributed by atoms with Crippen LogP contribution in [-0.2, 0) is 9.53 Å². The molecule has 0 aliphatic heterocycles. The Bertz CT molecular complexity index is 359. The maximum Gasteiger partial charge on any atom is 0.326 e. The van der Waals surface area contributed by atoms with Gasteiger partial charge in [-0.05, 0) is 26.8 Å². The summed E-state index contributed by atoms with van der Waals surface area (Å²) >= 11 is 3.12. The molecule has 5 nitrogen and oxygen atoms in total. The average Bonchev–Trinajstić information content (AvgIpc) is 2.83. The first-order valence-electron chi connectivity index (χ1n) is 5.93. The lowest BCUT2D eigenvalue weighted by Crippen LogP contribution is -2.50. The van der Waals surface area contributed by atoms with Crippen LogP contribution in [0.15, 0.2) is 9.85 Å². The SMILES string of the molecule is CCNC(C)(CCSc1nncs1)C(=O)OCC. The zero-order chi connectivity index (χ0) is 13.4. The first kappa shape index (κ1) is 15.4. The molecular formula is C11H19N3O2S2. The van der Waals surface area contributed by atoms with E-state index in [-0.39, 0.29) is 5.97 Å². The molecule has 0 amide bonds. The number of hydrogen-bond acceptors (Lipinski definition) is 7. The second-order valence-corrected chi connectivity index (χ2v) is 6.06. The zero-order valence-electron chi connectivity index (χ0n) is 10.9. The number of hydrogen-bond donors (Lipinski definition) is 1. The summed E-state index contributed by atoms with van der Waals surface area (Å²) < 4.78 is 6.04. The predicted octanol–water partition coefficient (Wildman–Crippen LogP) is 1.95. The van der Waals surface area contributed by atoms with Crippen molar-refractivity contribution in [3.8, 4) is 0 Å². The van der Waals surface area contributed by atoms with Crippen molar-refractivity contribution in [3.63, 3.8) is 0 Å². The topological polar surface area (TPSA) is 64.1 Å². The minimum Gasteiger partial charge on any atom is -0.465 e. The van der Waals surface area contributed by atoms with Crippen molar-refractivity contribution in [3.05, 3.63) is 5.51 Å². The summed E-state index contributed by atoms with van der Waals surface area (Å²) in [6.07, 6.45) is 0.698. The average molecular weight is 289 g/mol. The third kappa shape index (κ3) is 4.55. The lowest BCUT2D eigenvalue weighted by atomic mass is 9.99. The van der Waals surface area contributed by atoms with Crippen molar-refractivity contribution in [2.24, 2.45) is 0 Å². The monoisotopic (exact) mass is 289 g/mol. The van der Waals surface area contributed by atoms with E-state index in [1.165, 1.54) is 11.3 Å². The van der Waals surface area contributed by atoms with E-state index in [1.807, 2.05) is 20.8 Å². The van der Waals surface area contributed by atoms with E-state index in [1.54, 1.807) is 17.3 Å². The Morgan fingerprint density at radius 2 is 2.39 bits per heavy atom. The molecule has 0 aliphatic rings. The maximum absolute atomic E-state index is 11.9. The fourth-order valence-electron chi connectivity index (χ4n) is 1.51. The van der Waals surface area contributed by atoms with E-state index in [0.717, 1.165) is 16.6 Å². The van der Waals surface area contributed by atoms with Crippen molar-refractivity contribution in [2.75, 3.05) is 18.9 Å². The molecule has 7 heteroatoms. The van der Waals surface area contributed by atoms with Crippen LogP contribution in [0.3, 0.4) is 0 Å². The molecule has 0 spiro atoms. The van der Waals surface area contributed by atoms with Gasteiger partial charge in [-0.2, -0.15) is 0 Å². The number of nitrogens with one attached hydrogen (secondary N) is 1. The summed E-state index contributed by atoms with van der Waals surface area (Å²) in [5.74, 6) is 0.613. The highest BCUT2D eigenvalue weighted by Gasteiger charge is 2.33. The van der Waals surface area contributed by atoms with Gasteiger partial charge in [-0.15, -0.1) is 10.2 Å². The Hall–Kier alpha value is -0.660. The van der Waals surface area contributed by atoms with Crippen LogP contribution in [0.2, 0.25) is 0 Å². The highest BCUT2D eigenvalue weighted by atomic mass is 32.2. The smallest absolute Gasteiger partial charge is 0.326 e. The number of ether oxygens (including phenoxy) is 1. The van der Waals surface area contributed by atoms with Gasteiger partial charge in [0.25, 0.3) is 0 Å². The van der Waals surface area contributed by atoms with E-state index in [4.69, 9.17) is 4.74 Å². The molecule has 0 bridgehead atoms. The fourth-order valence-corrected chi connectivity index (χ4v) is 3.23. The van der Waals surface area contributed by atoms with Gasteiger partial charge in [0.05, 0.1) is 6.61 Å². The maximum atomic E-state index is 11.9. The number of esters is 1. The summed E-state index contributed by atoms with van der Waals surface area (Å²) in [6.45, 7) is 6.83. The van der Waals surface area contributed by atoms with E-state index in [9.17, 15) is 4.79 Å². The van der Waals surface area contributed by atoms with E-state index in [2.05, 4.69) is 15.5 Å². The summed E-state index contributed by atoms with van der Waals surface area (Å²) in [6, 6.07) is 0. The number of aromatic nitrogens is 2. The van der Waals surface area contributed by atoms with Gasteiger partial charge in [-0.1, -0.05) is 30.0 Å². The standard InChI is InChI=1S/C11H19N3O2S2/c1-4-12-11(3,9(15)16-5-2)6-7-17-10-14-13-8-18-10/h8,12H,4-7H2,1-3H3. The molecular weight excluding hydrogens is 270 g/mol. The second-order valence-electron chi connectivity index (χ2n) is 3.89. The van der Waals surface area contributed by atoms with Crippen molar-refractivity contribution in [1.29, 1.82) is 0 Å². The van der Waals surface area contributed by atoms with Gasteiger partial charge in [-0.3, -0.25) is 4.79 Å². The zero-order valence-corrected chi connectivity index (χ0v) is 12.6. The lowest BCUT2D eigenvalue weighted by molar-refractivity contribution is -0.150. The first-order chi connectivity index (χ1) is 8.62. The molecule has 0 aromatic carbocycles. The predicted molar refractivity (Wildman–Crippen MR) is 74.0 cm³/mol. The summed E-state index contributed by atoms with van der Waals surface area (Å²) in [5.41, 5.74) is 1.08. The van der Waals surface area contributed by atoms with Crippen LogP contribution in [0.25, 0.3) is 0 Å². The van der Waals surface area contributed by atoms with Crippen LogP contribution in [0, 0.1) is 0 Å². The quantitative estimate of drug-likeness (QED) is 0.583. The Balaban J connectivity index is 2.48. The number of thioether (sulfide) groups is 1. The van der Waals surface area contributed by atoms with Gasteiger partial charge < -0.3 is 10.1 Å². The van der Waals surface area contributed by atoms with Gasteiger partial charge >= 0.3 is 5.97 Å². The van der Waals surface area contributed by atoms with Gasteiger partial charge in [0.15, 0.2) is 4.34 Å². The number of carbonyl (C=O) groups is 1. The Kier molecular flexibility index (Phi) is 6.59. The molecule has 18 heavy (non-hydrogen) atoms. The van der Waals surface area contributed by atoms with Gasteiger partial charge in [0, 0.05) is 5.75 Å². The van der Waals surface area contributed by atoms with Crippen molar-refractivity contribution in [1.82, 2.24) is 15.5 Å². The minimum absolute atomic E-state index is 0.190. The van der Waals surface area contributed by atoms with Gasteiger partial charge in [0.2, 0.25) is 0 Å². The molecule has 1 N–H and O–H groups in total. The Morgan fingerprint density at radius 3 is 2.94 bits per heavy atom. The van der Waals surface area contributed by atoms with Crippen LogP contribution < -0.4 is 5.32 Å². The molecule has 0 aliphatic carbocycles. The minimum atomic E-state index is -0.623. The molecule has 1 atom stereocenters. The van der Waals surface area contributed by atoms with Crippen LogP contribution in [-0.4, -0.2) is 40.6 Å². The third-order valence-corrected chi connectivity index (χ3v) is 4.32. The summed E-state index contributed by atoms with van der Waals surface area (Å²) in [7, 11) is 0. The van der Waals surface area contributed by atoms with Crippen molar-refractivity contribution in [2.45, 2.75) is 37.1 Å². The molecule has 1 heterocycles. The normalized spacial score (nSPS) is 14.2. The molecule has 1 aromatic rings. The Morgan fingerprint density at radius 1 is 1.61 bits per heavy atom. The van der Waals surface area contributed by atoms with Gasteiger partial charge in [-0.25, -0.2) is 0 Å². The fraction of sp³-hybridized carbons (Fsp3) is 0.727. The van der Waals surface area contributed by atoms with Crippen molar-refractivity contribution < 1.29 is 9.53 Å². The largest absolute Gasteiger partial charge is 0.465 e. The highest BCUT2D eigenvalue weighted by molar-refractivity contribution is 8.00.